The van der Waals surface area contributed by atoms with Gasteiger partial charge in [-0.3, -0.25) is 4.79 Å². The zero-order valence-electron chi connectivity index (χ0n) is 15.0. The standard InChI is InChI=1S/C18H26N2O4S/c1-4-20(5-2)25(22,23)15-11-12-17(24-3)16(13-15)19-18(21)14-9-7-6-8-10-14/h6-7,11-14H,4-5,8-10H2,1-3H3,(H,19,21)/t14-/m0/s1. The number of benzene rings is 1. The van der Waals surface area contributed by atoms with Crippen molar-refractivity contribution in [3.05, 3.63) is 30.4 Å². The van der Waals surface area contributed by atoms with Crippen molar-refractivity contribution in [2.75, 3.05) is 25.5 Å². The molecule has 1 N–H and O–H groups in total. The van der Waals surface area contributed by atoms with Gasteiger partial charge in [-0.2, -0.15) is 4.31 Å². The van der Waals surface area contributed by atoms with Crippen LogP contribution in [-0.2, 0) is 14.8 Å². The van der Waals surface area contributed by atoms with Crippen molar-refractivity contribution in [2.45, 2.75) is 38.0 Å². The molecule has 1 amide bonds. The van der Waals surface area contributed by atoms with Crippen LogP contribution < -0.4 is 10.1 Å². The summed E-state index contributed by atoms with van der Waals surface area (Å²) in [5.74, 6) is 0.232. The van der Waals surface area contributed by atoms with E-state index in [2.05, 4.69) is 11.4 Å². The van der Waals surface area contributed by atoms with Gasteiger partial charge in [-0.1, -0.05) is 26.0 Å². The van der Waals surface area contributed by atoms with Gasteiger partial charge in [0.05, 0.1) is 17.7 Å². The minimum atomic E-state index is -3.59. The third kappa shape index (κ3) is 4.41. The molecule has 0 unspecified atom stereocenters. The second kappa shape index (κ2) is 8.49. The molecule has 1 aromatic rings. The first-order chi connectivity index (χ1) is 11.9. The lowest BCUT2D eigenvalue weighted by atomic mass is 9.93. The fraction of sp³-hybridized carbons (Fsp3) is 0.500. The lowest BCUT2D eigenvalue weighted by Gasteiger charge is -2.21. The largest absolute Gasteiger partial charge is 0.495 e. The molecule has 0 radical (unpaired) electrons. The Bertz CT molecular complexity index is 739. The minimum Gasteiger partial charge on any atom is -0.495 e. The summed E-state index contributed by atoms with van der Waals surface area (Å²) < 4.78 is 32.1. The molecule has 0 spiro atoms. The summed E-state index contributed by atoms with van der Waals surface area (Å²) in [7, 11) is -2.10. The maximum absolute atomic E-state index is 12.7. The van der Waals surface area contributed by atoms with Crippen molar-refractivity contribution in [3.63, 3.8) is 0 Å². The number of rotatable bonds is 7. The van der Waals surface area contributed by atoms with E-state index < -0.39 is 10.0 Å². The van der Waals surface area contributed by atoms with Crippen LogP contribution in [0.15, 0.2) is 35.2 Å². The van der Waals surface area contributed by atoms with Crippen LogP contribution in [0, 0.1) is 5.92 Å². The van der Waals surface area contributed by atoms with E-state index in [-0.39, 0.29) is 16.7 Å². The van der Waals surface area contributed by atoms with Gasteiger partial charge in [-0.05, 0) is 37.5 Å². The van der Waals surface area contributed by atoms with E-state index in [1.807, 2.05) is 6.08 Å². The first-order valence-corrected chi connectivity index (χ1v) is 10.0. The number of amides is 1. The average molecular weight is 366 g/mol. The molecule has 0 aliphatic heterocycles. The summed E-state index contributed by atoms with van der Waals surface area (Å²) in [4.78, 5) is 12.6. The highest BCUT2D eigenvalue weighted by atomic mass is 32.2. The van der Waals surface area contributed by atoms with Gasteiger partial charge in [-0.15, -0.1) is 0 Å². The molecule has 1 atom stereocenters. The van der Waals surface area contributed by atoms with Crippen LogP contribution in [0.1, 0.15) is 33.1 Å². The van der Waals surface area contributed by atoms with Crippen molar-refractivity contribution in [3.8, 4) is 5.75 Å². The van der Waals surface area contributed by atoms with Crippen molar-refractivity contribution in [2.24, 2.45) is 5.92 Å². The zero-order valence-corrected chi connectivity index (χ0v) is 15.8. The van der Waals surface area contributed by atoms with Crippen LogP contribution in [0.25, 0.3) is 0 Å². The van der Waals surface area contributed by atoms with E-state index in [0.717, 1.165) is 12.8 Å². The number of hydrogen-bond acceptors (Lipinski definition) is 4. The van der Waals surface area contributed by atoms with Gasteiger partial charge in [0, 0.05) is 19.0 Å². The van der Waals surface area contributed by atoms with Gasteiger partial charge < -0.3 is 10.1 Å². The SMILES string of the molecule is CCN(CC)S(=O)(=O)c1ccc(OC)c(NC(=O)[C@H]2CC=CCC2)c1. The molecule has 2 rings (SSSR count). The summed E-state index contributed by atoms with van der Waals surface area (Å²) >= 11 is 0. The lowest BCUT2D eigenvalue weighted by Crippen LogP contribution is -2.30. The molecular weight excluding hydrogens is 340 g/mol. The van der Waals surface area contributed by atoms with Crippen molar-refractivity contribution in [1.82, 2.24) is 4.31 Å². The van der Waals surface area contributed by atoms with Crippen LogP contribution in [0.4, 0.5) is 5.69 Å². The maximum Gasteiger partial charge on any atom is 0.243 e. The number of anilines is 1. The van der Waals surface area contributed by atoms with Crippen LogP contribution in [-0.4, -0.2) is 38.8 Å². The number of carbonyl (C=O) groups excluding carboxylic acids is 1. The molecule has 25 heavy (non-hydrogen) atoms. The van der Waals surface area contributed by atoms with E-state index in [1.54, 1.807) is 19.9 Å². The maximum atomic E-state index is 12.7. The Balaban J connectivity index is 2.31. The zero-order chi connectivity index (χ0) is 18.4. The minimum absolute atomic E-state index is 0.0993. The Labute approximate surface area is 149 Å². The van der Waals surface area contributed by atoms with E-state index in [1.165, 1.54) is 23.5 Å². The third-order valence-corrected chi connectivity index (χ3v) is 6.46. The van der Waals surface area contributed by atoms with Crippen LogP contribution in [0.2, 0.25) is 0 Å². The Kier molecular flexibility index (Phi) is 6.61. The molecule has 0 saturated carbocycles. The topological polar surface area (TPSA) is 75.7 Å². The number of nitrogens with one attached hydrogen (secondary N) is 1. The summed E-state index contributed by atoms with van der Waals surface area (Å²) in [6, 6.07) is 4.56. The Hall–Kier alpha value is -1.86. The van der Waals surface area contributed by atoms with Gasteiger partial charge in [0.1, 0.15) is 5.75 Å². The summed E-state index contributed by atoms with van der Waals surface area (Å²) in [6.45, 7) is 4.37. The highest BCUT2D eigenvalue weighted by Gasteiger charge is 2.24. The van der Waals surface area contributed by atoms with Gasteiger partial charge in [0.25, 0.3) is 0 Å². The van der Waals surface area contributed by atoms with Gasteiger partial charge >= 0.3 is 0 Å². The second-order valence-electron chi connectivity index (χ2n) is 5.92. The third-order valence-electron chi connectivity index (χ3n) is 4.41. The first kappa shape index (κ1) is 19.5. The predicted molar refractivity (Wildman–Crippen MR) is 98.2 cm³/mol. The molecule has 138 valence electrons. The van der Waals surface area contributed by atoms with Crippen molar-refractivity contribution < 1.29 is 17.9 Å². The highest BCUT2D eigenvalue weighted by Crippen LogP contribution is 2.30. The molecule has 6 nitrogen and oxygen atoms in total. The summed E-state index contributed by atoms with van der Waals surface area (Å²) in [6.07, 6.45) is 6.45. The average Bonchev–Trinajstić information content (AvgIpc) is 2.63. The summed E-state index contributed by atoms with van der Waals surface area (Å²) in [5, 5.41) is 2.84. The molecule has 0 bridgehead atoms. The molecule has 7 heteroatoms. The molecule has 0 fully saturated rings. The quantitative estimate of drug-likeness (QED) is 0.753. The molecule has 1 aliphatic carbocycles. The van der Waals surface area contributed by atoms with Gasteiger partial charge in [0.2, 0.25) is 15.9 Å². The summed E-state index contributed by atoms with van der Waals surface area (Å²) in [5.41, 5.74) is 0.385. The smallest absolute Gasteiger partial charge is 0.243 e. The normalized spacial score (nSPS) is 17.5. The number of methoxy groups -OCH3 is 1. The van der Waals surface area contributed by atoms with Crippen LogP contribution in [0.3, 0.4) is 0 Å². The number of ether oxygens (including phenoxy) is 1. The molecule has 1 aromatic carbocycles. The van der Waals surface area contributed by atoms with E-state index in [9.17, 15) is 13.2 Å². The fourth-order valence-corrected chi connectivity index (χ4v) is 4.41. The van der Waals surface area contributed by atoms with E-state index in [4.69, 9.17) is 4.74 Å². The molecule has 0 aromatic heterocycles. The first-order valence-electron chi connectivity index (χ1n) is 8.58. The fourth-order valence-electron chi connectivity index (χ4n) is 2.92. The van der Waals surface area contributed by atoms with E-state index in [0.29, 0.717) is 30.9 Å². The second-order valence-corrected chi connectivity index (χ2v) is 7.86. The molecular formula is C18H26N2O4S. The Morgan fingerprint density at radius 1 is 1.28 bits per heavy atom. The number of hydrogen-bond donors (Lipinski definition) is 1. The Morgan fingerprint density at radius 3 is 2.56 bits per heavy atom. The highest BCUT2D eigenvalue weighted by molar-refractivity contribution is 7.89. The number of allylic oxidation sites excluding steroid dienone is 2. The number of nitrogens with zero attached hydrogens (tertiary/aromatic N) is 1. The Morgan fingerprint density at radius 2 is 2.00 bits per heavy atom. The number of sulfonamides is 1. The van der Waals surface area contributed by atoms with Crippen LogP contribution >= 0.6 is 0 Å². The molecule has 0 heterocycles. The molecule has 0 saturated heterocycles. The van der Waals surface area contributed by atoms with Gasteiger partial charge in [0.15, 0.2) is 0 Å². The van der Waals surface area contributed by atoms with E-state index >= 15 is 0 Å². The van der Waals surface area contributed by atoms with Crippen molar-refractivity contribution >= 4 is 21.6 Å². The monoisotopic (exact) mass is 366 g/mol. The predicted octanol–water partition coefficient (Wildman–Crippen LogP) is 3.02. The number of carbonyl (C=O) groups is 1. The van der Waals surface area contributed by atoms with Crippen molar-refractivity contribution in [1.29, 1.82) is 0 Å². The van der Waals surface area contributed by atoms with Gasteiger partial charge in [-0.25, -0.2) is 8.42 Å². The lowest BCUT2D eigenvalue weighted by molar-refractivity contribution is -0.120. The van der Waals surface area contributed by atoms with Crippen LogP contribution in [0.5, 0.6) is 5.75 Å². The molecule has 1 aliphatic rings.